The number of amides is 1. The summed E-state index contributed by atoms with van der Waals surface area (Å²) in [5, 5.41) is 14.7. The highest BCUT2D eigenvalue weighted by molar-refractivity contribution is 5.87. The van der Waals surface area contributed by atoms with E-state index in [1.54, 1.807) is 12.1 Å². The van der Waals surface area contributed by atoms with Gasteiger partial charge in [0.2, 0.25) is 5.91 Å². The molecule has 0 aliphatic heterocycles. The van der Waals surface area contributed by atoms with Crippen LogP contribution >= 0.6 is 0 Å². The number of carboxylic acids is 1. The largest absolute Gasteiger partial charge is 0.493 e. The molecule has 7 nitrogen and oxygen atoms in total. The van der Waals surface area contributed by atoms with Gasteiger partial charge in [-0.1, -0.05) is 30.6 Å². The molecule has 0 spiro atoms. The number of ether oxygens (including phenoxy) is 1. The normalized spacial score (nSPS) is 11.5. The summed E-state index contributed by atoms with van der Waals surface area (Å²) in [6.45, 7) is 2.36. The lowest BCUT2D eigenvalue weighted by Gasteiger charge is -2.12. The second-order valence-corrected chi connectivity index (χ2v) is 7.43. The van der Waals surface area contributed by atoms with Crippen LogP contribution < -0.4 is 10.1 Å². The molecular formula is C23H23F3N2O5. The van der Waals surface area contributed by atoms with Crippen LogP contribution in [0, 0.1) is 0 Å². The number of benzene rings is 2. The standard InChI is InChI=1S/C23H23F3N2O5/c1-2-4-16-18(11-10-17-20(16)33-28-21(17)23(24,25)26)32-12-3-5-19(29)27-13-14-6-8-15(9-7-14)22(30)31/h6-11H,2-5,12-13H2,1H3,(H,27,29)(H,30,31). The number of nitrogens with zero attached hydrogens (tertiary/aromatic N) is 1. The predicted molar refractivity (Wildman–Crippen MR) is 113 cm³/mol. The Morgan fingerprint density at radius 3 is 2.52 bits per heavy atom. The number of hydrogen-bond donors (Lipinski definition) is 2. The maximum Gasteiger partial charge on any atom is 0.437 e. The number of alkyl halides is 3. The number of aromatic nitrogens is 1. The average molecular weight is 464 g/mol. The molecule has 0 bridgehead atoms. The molecule has 0 saturated carbocycles. The lowest BCUT2D eigenvalue weighted by atomic mass is 10.0. The van der Waals surface area contributed by atoms with Gasteiger partial charge in [-0.15, -0.1) is 0 Å². The number of nitrogens with one attached hydrogen (secondary N) is 1. The summed E-state index contributed by atoms with van der Waals surface area (Å²) in [5.74, 6) is -0.806. The van der Waals surface area contributed by atoms with Crippen molar-refractivity contribution in [2.24, 2.45) is 0 Å². The van der Waals surface area contributed by atoms with Crippen LogP contribution in [0.15, 0.2) is 40.9 Å². The number of hydrogen-bond acceptors (Lipinski definition) is 5. The fraction of sp³-hybridized carbons (Fsp3) is 0.348. The van der Waals surface area contributed by atoms with Crippen molar-refractivity contribution in [1.82, 2.24) is 10.5 Å². The lowest BCUT2D eigenvalue weighted by Crippen LogP contribution is -2.23. The van der Waals surface area contributed by atoms with E-state index in [0.717, 1.165) is 5.56 Å². The van der Waals surface area contributed by atoms with Gasteiger partial charge in [0.25, 0.3) is 0 Å². The summed E-state index contributed by atoms with van der Waals surface area (Å²) >= 11 is 0. The van der Waals surface area contributed by atoms with Crippen LogP contribution in [0.4, 0.5) is 13.2 Å². The zero-order valence-corrected chi connectivity index (χ0v) is 17.9. The third-order valence-electron chi connectivity index (χ3n) is 4.97. The Morgan fingerprint density at radius 2 is 1.88 bits per heavy atom. The van der Waals surface area contributed by atoms with Crippen molar-refractivity contribution in [2.45, 2.75) is 45.3 Å². The average Bonchev–Trinajstić information content (AvgIpc) is 3.22. The first-order valence-corrected chi connectivity index (χ1v) is 10.4. The summed E-state index contributed by atoms with van der Waals surface area (Å²) in [4.78, 5) is 22.9. The number of carboxylic acid groups (broad SMARTS) is 1. The first-order valence-electron chi connectivity index (χ1n) is 10.4. The molecule has 1 amide bonds. The molecule has 1 heterocycles. The Morgan fingerprint density at radius 1 is 1.15 bits per heavy atom. The van der Waals surface area contributed by atoms with Crippen LogP contribution in [-0.4, -0.2) is 28.7 Å². The van der Waals surface area contributed by atoms with E-state index in [4.69, 9.17) is 14.4 Å². The number of carbonyl (C=O) groups excluding carboxylic acids is 1. The summed E-state index contributed by atoms with van der Waals surface area (Å²) in [7, 11) is 0. The van der Waals surface area contributed by atoms with Crippen molar-refractivity contribution < 1.29 is 37.1 Å². The monoisotopic (exact) mass is 464 g/mol. The number of halogens is 3. The Labute approximate surface area is 187 Å². The van der Waals surface area contributed by atoms with Gasteiger partial charge in [0, 0.05) is 18.5 Å². The highest BCUT2D eigenvalue weighted by Crippen LogP contribution is 2.38. The van der Waals surface area contributed by atoms with Gasteiger partial charge < -0.3 is 19.7 Å². The third kappa shape index (κ3) is 6.03. The van der Waals surface area contributed by atoms with E-state index in [1.807, 2.05) is 6.92 Å². The van der Waals surface area contributed by atoms with Crippen LogP contribution in [0.25, 0.3) is 11.0 Å². The Kier molecular flexibility index (Phi) is 7.57. The highest BCUT2D eigenvalue weighted by atomic mass is 19.4. The first kappa shape index (κ1) is 24.1. The minimum absolute atomic E-state index is 0.0633. The number of fused-ring (bicyclic) bond motifs is 1. The maximum absolute atomic E-state index is 13.1. The minimum atomic E-state index is -4.61. The summed E-state index contributed by atoms with van der Waals surface area (Å²) in [6, 6.07) is 8.95. The summed E-state index contributed by atoms with van der Waals surface area (Å²) < 4.78 is 50.0. The van der Waals surface area contributed by atoms with Crippen LogP contribution in [0.5, 0.6) is 5.75 Å². The van der Waals surface area contributed by atoms with E-state index >= 15 is 0 Å². The van der Waals surface area contributed by atoms with Crippen molar-refractivity contribution in [3.8, 4) is 5.75 Å². The highest BCUT2D eigenvalue weighted by Gasteiger charge is 2.37. The topological polar surface area (TPSA) is 102 Å². The second-order valence-electron chi connectivity index (χ2n) is 7.43. The molecule has 2 aromatic carbocycles. The van der Waals surface area contributed by atoms with Crippen molar-refractivity contribution in [1.29, 1.82) is 0 Å². The molecule has 1 aromatic heterocycles. The third-order valence-corrected chi connectivity index (χ3v) is 4.97. The Bertz CT molecular complexity index is 1120. The van der Waals surface area contributed by atoms with Crippen molar-refractivity contribution in [3.05, 3.63) is 58.8 Å². The van der Waals surface area contributed by atoms with Gasteiger partial charge in [0.05, 0.1) is 17.6 Å². The molecule has 3 rings (SSSR count). The van der Waals surface area contributed by atoms with E-state index in [2.05, 4.69) is 10.5 Å². The fourth-order valence-electron chi connectivity index (χ4n) is 3.34. The van der Waals surface area contributed by atoms with Crippen LogP contribution in [0.1, 0.15) is 53.4 Å². The SMILES string of the molecule is CCCc1c(OCCCC(=O)NCc2ccc(C(=O)O)cc2)ccc2c(C(F)(F)F)noc12. The van der Waals surface area contributed by atoms with Crippen molar-refractivity contribution in [3.63, 3.8) is 0 Å². The minimum Gasteiger partial charge on any atom is -0.493 e. The molecule has 2 N–H and O–H groups in total. The van der Waals surface area contributed by atoms with E-state index in [1.165, 1.54) is 24.3 Å². The molecule has 0 aliphatic rings. The van der Waals surface area contributed by atoms with Gasteiger partial charge in [0.15, 0.2) is 11.3 Å². The first-order chi connectivity index (χ1) is 15.7. The summed E-state index contributed by atoms with van der Waals surface area (Å²) in [6.07, 6.45) is -2.88. The fourth-order valence-corrected chi connectivity index (χ4v) is 3.34. The molecule has 3 aromatic rings. The lowest BCUT2D eigenvalue weighted by molar-refractivity contribution is -0.141. The summed E-state index contributed by atoms with van der Waals surface area (Å²) in [5.41, 5.74) is 0.464. The zero-order valence-electron chi connectivity index (χ0n) is 17.9. The van der Waals surface area contributed by atoms with Gasteiger partial charge in [0.1, 0.15) is 5.75 Å². The maximum atomic E-state index is 13.1. The molecule has 0 atom stereocenters. The van der Waals surface area contributed by atoms with Crippen molar-refractivity contribution in [2.75, 3.05) is 6.61 Å². The molecule has 0 unspecified atom stereocenters. The van der Waals surface area contributed by atoms with E-state index < -0.39 is 17.8 Å². The number of aromatic carboxylic acids is 1. The second kappa shape index (κ2) is 10.4. The van der Waals surface area contributed by atoms with Gasteiger partial charge in [-0.2, -0.15) is 13.2 Å². The predicted octanol–water partition coefficient (Wildman–Crippen LogP) is 4.97. The molecule has 33 heavy (non-hydrogen) atoms. The molecule has 0 aliphatic carbocycles. The Hall–Kier alpha value is -3.56. The van der Waals surface area contributed by atoms with Gasteiger partial charge >= 0.3 is 12.1 Å². The quantitative estimate of drug-likeness (QED) is 0.411. The number of carbonyl (C=O) groups is 2. The number of aryl methyl sites for hydroxylation is 1. The van der Waals surface area contributed by atoms with Crippen LogP contribution in [-0.2, 0) is 23.9 Å². The van der Waals surface area contributed by atoms with Crippen LogP contribution in [0.2, 0.25) is 0 Å². The van der Waals surface area contributed by atoms with E-state index in [0.29, 0.717) is 30.6 Å². The van der Waals surface area contributed by atoms with Gasteiger partial charge in [-0.3, -0.25) is 4.79 Å². The molecule has 0 fully saturated rings. The van der Waals surface area contributed by atoms with Crippen LogP contribution in [0.3, 0.4) is 0 Å². The van der Waals surface area contributed by atoms with Crippen molar-refractivity contribution >= 4 is 22.8 Å². The zero-order chi connectivity index (χ0) is 24.0. The smallest absolute Gasteiger partial charge is 0.437 e. The molecule has 10 heteroatoms. The molecule has 176 valence electrons. The molecule has 0 saturated heterocycles. The van der Waals surface area contributed by atoms with E-state index in [-0.39, 0.29) is 42.0 Å². The number of rotatable bonds is 10. The Balaban J connectivity index is 1.53. The molecular weight excluding hydrogens is 441 g/mol. The van der Waals surface area contributed by atoms with Gasteiger partial charge in [-0.05, 0) is 42.7 Å². The molecule has 0 radical (unpaired) electrons. The van der Waals surface area contributed by atoms with E-state index in [9.17, 15) is 22.8 Å². The van der Waals surface area contributed by atoms with Gasteiger partial charge in [-0.25, -0.2) is 4.79 Å².